The molecular weight excluding hydrogens is 452 g/mol. The number of esters is 1. The van der Waals surface area contributed by atoms with Gasteiger partial charge in [-0.05, 0) is 43.2 Å². The number of aryl methyl sites for hydroxylation is 2. The van der Waals surface area contributed by atoms with Gasteiger partial charge in [-0.25, -0.2) is 13.1 Å². The first kappa shape index (κ1) is 25.1. The third-order valence-corrected chi connectivity index (χ3v) is 7.59. The first-order chi connectivity index (χ1) is 16.3. The number of ether oxygens (including phenoxy) is 1. The molecule has 0 saturated carbocycles. The summed E-state index contributed by atoms with van der Waals surface area (Å²) in [7, 11) is -3.51. The Morgan fingerprint density at radius 1 is 1.09 bits per heavy atom. The summed E-state index contributed by atoms with van der Waals surface area (Å²) in [4.78, 5) is 12.6. The summed E-state index contributed by atoms with van der Waals surface area (Å²) >= 11 is 0. The monoisotopic (exact) mass is 480 g/mol. The average Bonchev–Trinajstić information content (AvgIpc) is 3.17. The predicted molar refractivity (Wildman–Crippen MR) is 128 cm³/mol. The van der Waals surface area contributed by atoms with E-state index in [0.717, 1.165) is 11.3 Å². The number of carbonyl (C=O) groups excluding carboxylic acids is 1. The van der Waals surface area contributed by atoms with Crippen LogP contribution in [0.4, 0.5) is 0 Å². The van der Waals surface area contributed by atoms with E-state index >= 15 is 0 Å². The summed E-state index contributed by atoms with van der Waals surface area (Å²) in [5.74, 6) is -0.415. The molecule has 178 valence electrons. The normalized spacial score (nSPS) is 11.4. The lowest BCUT2D eigenvalue weighted by Crippen LogP contribution is -2.30. The molecule has 0 aliphatic carbocycles. The van der Waals surface area contributed by atoms with E-state index in [1.807, 2.05) is 30.3 Å². The van der Waals surface area contributed by atoms with Gasteiger partial charge in [-0.2, -0.15) is 14.7 Å². The molecule has 0 radical (unpaired) electrons. The summed E-state index contributed by atoms with van der Waals surface area (Å²) in [5.41, 5.74) is 3.08. The number of nitriles is 1. The number of aromatic nitrogens is 2. The lowest BCUT2D eigenvalue weighted by Gasteiger charge is -2.18. The van der Waals surface area contributed by atoms with Gasteiger partial charge >= 0.3 is 5.97 Å². The highest BCUT2D eigenvalue weighted by molar-refractivity contribution is 7.89. The lowest BCUT2D eigenvalue weighted by atomic mass is 10.1. The molecule has 0 saturated heterocycles. The van der Waals surface area contributed by atoms with Crippen LogP contribution in [0.25, 0.3) is 5.69 Å². The van der Waals surface area contributed by atoms with Gasteiger partial charge in [0.05, 0.1) is 22.0 Å². The average molecular weight is 481 g/mol. The number of hydrogen-bond donors (Lipinski definition) is 0. The van der Waals surface area contributed by atoms with E-state index in [1.165, 1.54) is 4.31 Å². The number of nitrogens with zero attached hydrogens (tertiary/aromatic N) is 4. The van der Waals surface area contributed by atoms with Crippen molar-refractivity contribution in [1.82, 2.24) is 14.1 Å². The van der Waals surface area contributed by atoms with E-state index in [4.69, 9.17) is 4.74 Å². The molecule has 0 aliphatic heterocycles. The zero-order valence-corrected chi connectivity index (χ0v) is 20.4. The minimum absolute atomic E-state index is 0.0709. The Morgan fingerprint density at radius 3 is 2.32 bits per heavy atom. The van der Waals surface area contributed by atoms with Crippen LogP contribution < -0.4 is 0 Å². The van der Waals surface area contributed by atoms with Crippen LogP contribution in [-0.4, -0.2) is 41.6 Å². The first-order valence-electron chi connectivity index (χ1n) is 11.1. The standard InChI is InChI=1S/C25H28N4O4S/c1-4-28(5-2)34(31,32)22-14-11-20(12-15-22)13-16-25(30)33-18-24-23(17-26)19(3)27-29(24)21-9-7-6-8-10-21/h6-12,14-15H,4-5,13,16,18H2,1-3H3. The van der Waals surface area contributed by atoms with E-state index in [-0.39, 0.29) is 17.9 Å². The van der Waals surface area contributed by atoms with Crippen LogP contribution in [0.1, 0.15) is 42.8 Å². The zero-order valence-electron chi connectivity index (χ0n) is 19.6. The van der Waals surface area contributed by atoms with Crippen molar-refractivity contribution in [2.75, 3.05) is 13.1 Å². The van der Waals surface area contributed by atoms with Gasteiger partial charge in [0.2, 0.25) is 10.0 Å². The second-order valence-electron chi connectivity index (χ2n) is 7.66. The second kappa shape index (κ2) is 11.1. The Bertz CT molecular complexity index is 1270. The molecule has 0 aliphatic rings. The third-order valence-electron chi connectivity index (χ3n) is 5.52. The zero-order chi connectivity index (χ0) is 24.7. The van der Waals surface area contributed by atoms with Crippen molar-refractivity contribution in [3.8, 4) is 11.8 Å². The maximum Gasteiger partial charge on any atom is 0.306 e. The third kappa shape index (κ3) is 5.53. The van der Waals surface area contributed by atoms with Gasteiger partial charge in [0.15, 0.2) is 0 Å². The summed E-state index contributed by atoms with van der Waals surface area (Å²) in [6.07, 6.45) is 0.537. The van der Waals surface area contributed by atoms with Gasteiger partial charge in [0.1, 0.15) is 18.2 Å². The highest BCUT2D eigenvalue weighted by Crippen LogP contribution is 2.20. The van der Waals surface area contributed by atoms with Gasteiger partial charge in [0.25, 0.3) is 0 Å². The van der Waals surface area contributed by atoms with Crippen molar-refractivity contribution in [3.05, 3.63) is 77.1 Å². The van der Waals surface area contributed by atoms with E-state index in [9.17, 15) is 18.5 Å². The first-order valence-corrected chi connectivity index (χ1v) is 12.5. The Labute approximate surface area is 200 Å². The Hall–Kier alpha value is -3.48. The fourth-order valence-electron chi connectivity index (χ4n) is 3.64. The highest BCUT2D eigenvalue weighted by Gasteiger charge is 2.21. The number of carbonyl (C=O) groups is 1. The molecule has 0 amide bonds. The van der Waals surface area contributed by atoms with Gasteiger partial charge in [-0.15, -0.1) is 0 Å². The molecule has 9 heteroatoms. The molecule has 0 fully saturated rings. The van der Waals surface area contributed by atoms with Crippen LogP contribution in [0.15, 0.2) is 59.5 Å². The van der Waals surface area contributed by atoms with Crippen molar-refractivity contribution < 1.29 is 17.9 Å². The number of sulfonamides is 1. The Balaban J connectivity index is 1.63. The molecule has 3 rings (SSSR count). The second-order valence-corrected chi connectivity index (χ2v) is 9.60. The van der Waals surface area contributed by atoms with Gasteiger partial charge in [-0.3, -0.25) is 4.79 Å². The summed E-state index contributed by atoms with van der Waals surface area (Å²) in [5, 5.41) is 14.0. The van der Waals surface area contributed by atoms with E-state index in [1.54, 1.807) is 49.7 Å². The van der Waals surface area contributed by atoms with Crippen molar-refractivity contribution in [2.45, 2.75) is 45.1 Å². The van der Waals surface area contributed by atoms with Crippen LogP contribution >= 0.6 is 0 Å². The number of rotatable bonds is 10. The highest BCUT2D eigenvalue weighted by atomic mass is 32.2. The summed E-state index contributed by atoms with van der Waals surface area (Å²) in [6.45, 7) is 6.08. The van der Waals surface area contributed by atoms with Gasteiger partial charge in [0, 0.05) is 19.5 Å². The number of para-hydroxylation sites is 1. The van der Waals surface area contributed by atoms with Crippen molar-refractivity contribution in [1.29, 1.82) is 5.26 Å². The van der Waals surface area contributed by atoms with Crippen molar-refractivity contribution in [2.24, 2.45) is 0 Å². The van der Waals surface area contributed by atoms with E-state index in [2.05, 4.69) is 11.2 Å². The molecular formula is C25H28N4O4S. The molecule has 0 N–H and O–H groups in total. The molecule has 0 bridgehead atoms. The van der Waals surface area contributed by atoms with Crippen LogP contribution in [0.5, 0.6) is 0 Å². The molecule has 0 atom stereocenters. The molecule has 8 nitrogen and oxygen atoms in total. The van der Waals surface area contributed by atoms with Gasteiger partial charge < -0.3 is 4.74 Å². The topological polar surface area (TPSA) is 105 Å². The SMILES string of the molecule is CCN(CC)S(=O)(=O)c1ccc(CCC(=O)OCc2c(C#N)c(C)nn2-c2ccccc2)cc1. The summed E-state index contributed by atoms with van der Waals surface area (Å²) < 4.78 is 33.7. The maximum atomic E-state index is 12.6. The molecule has 1 heterocycles. The minimum Gasteiger partial charge on any atom is -0.459 e. The fraction of sp³-hybridized carbons (Fsp3) is 0.320. The quantitative estimate of drug-likeness (QED) is 0.409. The molecule has 2 aromatic carbocycles. The molecule has 0 spiro atoms. The van der Waals surface area contributed by atoms with Crippen LogP contribution in [0.3, 0.4) is 0 Å². The van der Waals surface area contributed by atoms with Gasteiger partial charge in [-0.1, -0.05) is 44.2 Å². The smallest absolute Gasteiger partial charge is 0.306 e. The predicted octanol–water partition coefficient (Wildman–Crippen LogP) is 3.76. The molecule has 1 aromatic heterocycles. The number of hydrogen-bond acceptors (Lipinski definition) is 6. The van der Waals surface area contributed by atoms with Crippen molar-refractivity contribution >= 4 is 16.0 Å². The van der Waals surface area contributed by atoms with Crippen LogP contribution in [0.2, 0.25) is 0 Å². The minimum atomic E-state index is -3.51. The molecule has 3 aromatic rings. The Kier molecular flexibility index (Phi) is 8.21. The number of benzene rings is 2. The van der Waals surface area contributed by atoms with Crippen LogP contribution in [-0.2, 0) is 32.6 Å². The fourth-order valence-corrected chi connectivity index (χ4v) is 5.10. The Morgan fingerprint density at radius 2 is 1.74 bits per heavy atom. The molecule has 0 unspecified atom stereocenters. The van der Waals surface area contributed by atoms with E-state index < -0.39 is 16.0 Å². The molecule has 34 heavy (non-hydrogen) atoms. The van der Waals surface area contributed by atoms with Crippen molar-refractivity contribution in [3.63, 3.8) is 0 Å². The largest absolute Gasteiger partial charge is 0.459 e. The van der Waals surface area contributed by atoms with E-state index in [0.29, 0.717) is 36.5 Å². The van der Waals surface area contributed by atoms with Crippen LogP contribution in [0, 0.1) is 18.3 Å². The maximum absolute atomic E-state index is 12.6. The lowest BCUT2D eigenvalue weighted by molar-refractivity contribution is -0.145. The summed E-state index contributed by atoms with van der Waals surface area (Å²) in [6, 6.07) is 18.0.